The molecule has 0 saturated heterocycles. The number of hydrogen-bond acceptors (Lipinski definition) is 3. The summed E-state index contributed by atoms with van der Waals surface area (Å²) in [4.78, 5) is 2.19. The van der Waals surface area contributed by atoms with Crippen LogP contribution in [0.15, 0.2) is 30.3 Å². The first-order valence-corrected chi connectivity index (χ1v) is 6.71. The van der Waals surface area contributed by atoms with Crippen molar-refractivity contribution in [2.75, 3.05) is 17.2 Å². The van der Waals surface area contributed by atoms with Gasteiger partial charge in [0.05, 0.1) is 11.4 Å². The van der Waals surface area contributed by atoms with Crippen LogP contribution in [-0.4, -0.2) is 16.3 Å². The van der Waals surface area contributed by atoms with Crippen LogP contribution in [0.3, 0.4) is 0 Å². The van der Waals surface area contributed by atoms with Gasteiger partial charge in [-0.25, -0.2) is 0 Å². The molecule has 1 aromatic carbocycles. The van der Waals surface area contributed by atoms with Gasteiger partial charge in [-0.2, -0.15) is 5.10 Å². The van der Waals surface area contributed by atoms with Crippen molar-refractivity contribution in [2.45, 2.75) is 26.7 Å². The molecule has 0 bridgehead atoms. The fourth-order valence-electron chi connectivity index (χ4n) is 2.36. The van der Waals surface area contributed by atoms with E-state index in [0.29, 0.717) is 5.92 Å². The molecule has 0 spiro atoms. The molecule has 2 rings (SSSR count). The van der Waals surface area contributed by atoms with Crippen LogP contribution in [0.1, 0.15) is 32.4 Å². The molecule has 0 saturated carbocycles. The van der Waals surface area contributed by atoms with Crippen molar-refractivity contribution in [3.8, 4) is 0 Å². The van der Waals surface area contributed by atoms with Crippen LogP contribution in [0.2, 0.25) is 0 Å². The first kappa shape index (κ1) is 13.5. The van der Waals surface area contributed by atoms with Gasteiger partial charge < -0.3 is 10.6 Å². The van der Waals surface area contributed by atoms with Crippen molar-refractivity contribution in [2.24, 2.45) is 7.05 Å². The summed E-state index contributed by atoms with van der Waals surface area (Å²) in [5.41, 5.74) is 9.17. The molecule has 1 heterocycles. The molecule has 19 heavy (non-hydrogen) atoms. The van der Waals surface area contributed by atoms with E-state index in [2.05, 4.69) is 42.9 Å². The SMILES string of the molecule is CCN(c1ccccc1)c1c(N)c(C(C)C)nn1C. The van der Waals surface area contributed by atoms with Gasteiger partial charge in [0.1, 0.15) is 0 Å². The zero-order chi connectivity index (χ0) is 14.0. The zero-order valence-corrected chi connectivity index (χ0v) is 12.1. The van der Waals surface area contributed by atoms with E-state index < -0.39 is 0 Å². The third-order valence-corrected chi connectivity index (χ3v) is 3.27. The van der Waals surface area contributed by atoms with Crippen molar-refractivity contribution in [1.82, 2.24) is 9.78 Å². The van der Waals surface area contributed by atoms with E-state index in [-0.39, 0.29) is 0 Å². The Morgan fingerprint density at radius 2 is 1.89 bits per heavy atom. The van der Waals surface area contributed by atoms with Gasteiger partial charge in [-0.05, 0) is 25.0 Å². The molecule has 0 fully saturated rings. The summed E-state index contributed by atoms with van der Waals surface area (Å²) < 4.78 is 1.88. The van der Waals surface area contributed by atoms with Gasteiger partial charge in [-0.3, -0.25) is 4.68 Å². The molecule has 1 aromatic heterocycles. The largest absolute Gasteiger partial charge is 0.394 e. The Bertz CT molecular complexity index is 543. The highest BCUT2D eigenvalue weighted by Gasteiger charge is 2.20. The number of anilines is 3. The summed E-state index contributed by atoms with van der Waals surface area (Å²) in [6.45, 7) is 7.20. The molecular weight excluding hydrogens is 236 g/mol. The van der Waals surface area contributed by atoms with E-state index in [1.807, 2.05) is 29.9 Å². The molecule has 4 heteroatoms. The van der Waals surface area contributed by atoms with Gasteiger partial charge in [0.15, 0.2) is 5.82 Å². The Morgan fingerprint density at radius 3 is 2.37 bits per heavy atom. The third-order valence-electron chi connectivity index (χ3n) is 3.27. The van der Waals surface area contributed by atoms with Gasteiger partial charge in [0.2, 0.25) is 0 Å². The number of rotatable bonds is 4. The quantitative estimate of drug-likeness (QED) is 0.915. The van der Waals surface area contributed by atoms with E-state index >= 15 is 0 Å². The normalized spacial score (nSPS) is 11.0. The molecule has 0 atom stereocenters. The lowest BCUT2D eigenvalue weighted by molar-refractivity contribution is 0.706. The van der Waals surface area contributed by atoms with Crippen molar-refractivity contribution < 1.29 is 0 Å². The number of aryl methyl sites for hydroxylation is 1. The van der Waals surface area contributed by atoms with Crippen molar-refractivity contribution in [3.05, 3.63) is 36.0 Å². The predicted molar refractivity (Wildman–Crippen MR) is 80.8 cm³/mol. The van der Waals surface area contributed by atoms with Crippen LogP contribution in [0, 0.1) is 0 Å². The van der Waals surface area contributed by atoms with E-state index in [4.69, 9.17) is 5.73 Å². The maximum Gasteiger partial charge on any atom is 0.154 e. The number of hydrogen-bond donors (Lipinski definition) is 1. The number of nitrogens with zero attached hydrogens (tertiary/aromatic N) is 3. The Balaban J connectivity index is 2.50. The van der Waals surface area contributed by atoms with E-state index in [1.165, 1.54) is 0 Å². The van der Waals surface area contributed by atoms with Crippen LogP contribution in [-0.2, 0) is 7.05 Å². The van der Waals surface area contributed by atoms with Gasteiger partial charge >= 0.3 is 0 Å². The minimum absolute atomic E-state index is 0.328. The number of benzene rings is 1. The molecule has 0 aliphatic rings. The highest BCUT2D eigenvalue weighted by molar-refractivity contribution is 5.73. The second-order valence-electron chi connectivity index (χ2n) is 4.98. The average Bonchev–Trinajstić information content (AvgIpc) is 2.69. The maximum atomic E-state index is 6.29. The minimum atomic E-state index is 0.328. The fourth-order valence-corrected chi connectivity index (χ4v) is 2.36. The van der Waals surface area contributed by atoms with Gasteiger partial charge in [0.25, 0.3) is 0 Å². The second kappa shape index (κ2) is 5.34. The molecule has 4 nitrogen and oxygen atoms in total. The Labute approximate surface area is 114 Å². The molecule has 102 valence electrons. The van der Waals surface area contributed by atoms with E-state index in [9.17, 15) is 0 Å². The molecule has 0 aliphatic carbocycles. The number of para-hydroxylation sites is 1. The lowest BCUT2D eigenvalue weighted by Crippen LogP contribution is -2.20. The Morgan fingerprint density at radius 1 is 1.26 bits per heavy atom. The first-order chi connectivity index (χ1) is 9.06. The van der Waals surface area contributed by atoms with Crippen LogP contribution < -0.4 is 10.6 Å². The molecule has 0 aliphatic heterocycles. The number of nitrogen functional groups attached to an aromatic ring is 1. The molecular formula is C15H22N4. The smallest absolute Gasteiger partial charge is 0.154 e. The van der Waals surface area contributed by atoms with Crippen LogP contribution in [0.4, 0.5) is 17.2 Å². The average molecular weight is 258 g/mol. The lowest BCUT2D eigenvalue weighted by atomic mass is 10.1. The number of aromatic nitrogens is 2. The fraction of sp³-hybridized carbons (Fsp3) is 0.400. The highest BCUT2D eigenvalue weighted by atomic mass is 15.4. The maximum absolute atomic E-state index is 6.29. The highest BCUT2D eigenvalue weighted by Crippen LogP contribution is 2.34. The summed E-state index contributed by atoms with van der Waals surface area (Å²) in [6.07, 6.45) is 0. The van der Waals surface area contributed by atoms with Gasteiger partial charge in [-0.1, -0.05) is 32.0 Å². The second-order valence-corrected chi connectivity index (χ2v) is 4.98. The van der Waals surface area contributed by atoms with E-state index in [0.717, 1.165) is 29.4 Å². The summed E-state index contributed by atoms with van der Waals surface area (Å²) >= 11 is 0. The van der Waals surface area contributed by atoms with E-state index in [1.54, 1.807) is 0 Å². The summed E-state index contributed by atoms with van der Waals surface area (Å²) in [6, 6.07) is 10.3. The van der Waals surface area contributed by atoms with Gasteiger partial charge in [-0.15, -0.1) is 0 Å². The molecule has 0 unspecified atom stereocenters. The molecule has 2 N–H and O–H groups in total. The minimum Gasteiger partial charge on any atom is -0.394 e. The third kappa shape index (κ3) is 2.43. The summed E-state index contributed by atoms with van der Waals surface area (Å²) in [7, 11) is 1.95. The lowest BCUT2D eigenvalue weighted by Gasteiger charge is -2.23. The van der Waals surface area contributed by atoms with Crippen molar-refractivity contribution >= 4 is 17.2 Å². The standard InChI is InChI=1S/C15H22N4/c1-5-19(12-9-7-6-8-10-12)15-13(16)14(11(2)3)17-18(15)4/h6-11H,5,16H2,1-4H3. The Hall–Kier alpha value is -1.97. The molecule has 0 amide bonds. The topological polar surface area (TPSA) is 47.1 Å². The summed E-state index contributed by atoms with van der Waals surface area (Å²) in [5.74, 6) is 1.30. The molecule has 0 radical (unpaired) electrons. The monoisotopic (exact) mass is 258 g/mol. The van der Waals surface area contributed by atoms with Crippen molar-refractivity contribution in [1.29, 1.82) is 0 Å². The molecule has 2 aromatic rings. The van der Waals surface area contributed by atoms with Crippen LogP contribution in [0.5, 0.6) is 0 Å². The van der Waals surface area contributed by atoms with Gasteiger partial charge in [0, 0.05) is 19.3 Å². The zero-order valence-electron chi connectivity index (χ0n) is 12.1. The number of nitrogens with two attached hydrogens (primary N) is 1. The Kier molecular flexibility index (Phi) is 3.79. The predicted octanol–water partition coefficient (Wildman–Crippen LogP) is 3.28. The van der Waals surface area contributed by atoms with Crippen LogP contribution in [0.25, 0.3) is 0 Å². The summed E-state index contributed by atoms with van der Waals surface area (Å²) in [5, 5.41) is 4.55. The first-order valence-electron chi connectivity index (χ1n) is 6.71. The van der Waals surface area contributed by atoms with Crippen LogP contribution >= 0.6 is 0 Å². The van der Waals surface area contributed by atoms with Crippen molar-refractivity contribution in [3.63, 3.8) is 0 Å².